The van der Waals surface area contributed by atoms with Crippen molar-refractivity contribution < 1.29 is 0 Å². The molecule has 0 saturated carbocycles. The van der Waals surface area contributed by atoms with E-state index >= 15 is 0 Å². The second-order valence-electron chi connectivity index (χ2n) is 5.91. The van der Waals surface area contributed by atoms with Crippen LogP contribution in [0, 0.1) is 0 Å². The Bertz CT molecular complexity index is 582. The van der Waals surface area contributed by atoms with Gasteiger partial charge in [-0.25, -0.2) is 0 Å². The van der Waals surface area contributed by atoms with E-state index in [9.17, 15) is 0 Å². The number of amidine groups is 1. The van der Waals surface area contributed by atoms with Gasteiger partial charge in [0.15, 0.2) is 0 Å². The lowest BCUT2D eigenvalue weighted by molar-refractivity contribution is 0.619. The summed E-state index contributed by atoms with van der Waals surface area (Å²) in [6.07, 6.45) is 5.73. The Hall–Kier alpha value is -2.09. The van der Waals surface area contributed by atoms with Gasteiger partial charge in [0.2, 0.25) is 0 Å². The quantitative estimate of drug-likeness (QED) is 0.860. The first-order chi connectivity index (χ1) is 10.9. The Labute approximate surface area is 133 Å². The molecule has 1 fully saturated rings. The van der Waals surface area contributed by atoms with E-state index in [0.717, 1.165) is 25.8 Å². The number of nitrogens with zero attached hydrogens (tertiary/aromatic N) is 1. The molecule has 1 heterocycles. The van der Waals surface area contributed by atoms with Crippen molar-refractivity contribution in [3.63, 3.8) is 0 Å². The lowest BCUT2D eigenvalue weighted by Crippen LogP contribution is -2.29. The molecule has 1 saturated heterocycles. The van der Waals surface area contributed by atoms with Gasteiger partial charge < -0.3 is 5.32 Å². The molecule has 1 atom stereocenters. The SMILES string of the molecule is c1ccc(CCC(/N=C2\CCCCN2)c2ccccc2)cc1. The zero-order chi connectivity index (χ0) is 15.0. The van der Waals surface area contributed by atoms with E-state index in [2.05, 4.69) is 66.0 Å². The van der Waals surface area contributed by atoms with Gasteiger partial charge >= 0.3 is 0 Å². The summed E-state index contributed by atoms with van der Waals surface area (Å²) < 4.78 is 0. The van der Waals surface area contributed by atoms with Gasteiger partial charge in [-0.2, -0.15) is 0 Å². The number of hydrogen-bond donors (Lipinski definition) is 1. The molecule has 1 N–H and O–H groups in total. The number of hydrogen-bond acceptors (Lipinski definition) is 1. The zero-order valence-corrected chi connectivity index (χ0v) is 13.0. The highest BCUT2D eigenvalue weighted by molar-refractivity contribution is 5.83. The van der Waals surface area contributed by atoms with Crippen molar-refractivity contribution in [2.75, 3.05) is 6.54 Å². The second kappa shape index (κ2) is 7.79. The van der Waals surface area contributed by atoms with Crippen molar-refractivity contribution >= 4 is 5.84 Å². The molecular weight excluding hydrogens is 268 g/mol. The first kappa shape index (κ1) is 14.8. The van der Waals surface area contributed by atoms with Gasteiger partial charge in [-0.1, -0.05) is 60.7 Å². The van der Waals surface area contributed by atoms with Crippen molar-refractivity contribution in [1.29, 1.82) is 0 Å². The minimum atomic E-state index is 0.252. The smallest absolute Gasteiger partial charge is 0.0970 e. The average molecular weight is 292 g/mol. The molecule has 1 aliphatic heterocycles. The molecule has 0 aliphatic carbocycles. The van der Waals surface area contributed by atoms with Gasteiger partial charge in [0.25, 0.3) is 0 Å². The average Bonchev–Trinajstić information content (AvgIpc) is 2.61. The van der Waals surface area contributed by atoms with Gasteiger partial charge in [0, 0.05) is 13.0 Å². The first-order valence-corrected chi connectivity index (χ1v) is 8.31. The largest absolute Gasteiger partial charge is 0.374 e. The molecule has 2 heteroatoms. The van der Waals surface area contributed by atoms with Crippen LogP contribution in [0.15, 0.2) is 65.7 Å². The lowest BCUT2D eigenvalue weighted by Gasteiger charge is -2.20. The summed E-state index contributed by atoms with van der Waals surface area (Å²) in [4.78, 5) is 5.03. The minimum Gasteiger partial charge on any atom is -0.374 e. The normalized spacial score (nSPS) is 17.9. The molecule has 1 aliphatic rings. The molecule has 0 radical (unpaired) electrons. The summed E-state index contributed by atoms with van der Waals surface area (Å²) in [6.45, 7) is 1.07. The van der Waals surface area contributed by atoms with E-state index in [4.69, 9.17) is 4.99 Å². The van der Waals surface area contributed by atoms with E-state index in [1.54, 1.807) is 0 Å². The predicted octanol–water partition coefficient (Wildman–Crippen LogP) is 4.53. The van der Waals surface area contributed by atoms with Gasteiger partial charge in [0.05, 0.1) is 11.9 Å². The number of nitrogens with one attached hydrogen (secondary N) is 1. The van der Waals surface area contributed by atoms with Gasteiger partial charge in [0.1, 0.15) is 0 Å². The second-order valence-corrected chi connectivity index (χ2v) is 5.91. The first-order valence-electron chi connectivity index (χ1n) is 8.31. The molecule has 0 bridgehead atoms. The fourth-order valence-corrected chi connectivity index (χ4v) is 2.97. The van der Waals surface area contributed by atoms with Crippen molar-refractivity contribution in [3.8, 4) is 0 Å². The number of aliphatic imine (C=N–C) groups is 1. The van der Waals surface area contributed by atoms with Crippen LogP contribution >= 0.6 is 0 Å². The van der Waals surface area contributed by atoms with Crippen LogP contribution in [0.1, 0.15) is 42.9 Å². The summed E-state index contributed by atoms with van der Waals surface area (Å²) in [6, 6.07) is 21.6. The van der Waals surface area contributed by atoms with Crippen molar-refractivity contribution in [2.45, 2.75) is 38.1 Å². The summed E-state index contributed by atoms with van der Waals surface area (Å²) >= 11 is 0. The Morgan fingerprint density at radius 2 is 1.64 bits per heavy atom. The zero-order valence-electron chi connectivity index (χ0n) is 13.0. The maximum absolute atomic E-state index is 5.03. The summed E-state index contributed by atoms with van der Waals surface area (Å²) in [5.41, 5.74) is 2.71. The number of benzene rings is 2. The van der Waals surface area contributed by atoms with Crippen LogP contribution < -0.4 is 5.32 Å². The Kier molecular flexibility index (Phi) is 5.25. The predicted molar refractivity (Wildman–Crippen MR) is 93.2 cm³/mol. The van der Waals surface area contributed by atoms with Crippen LogP contribution in [0.3, 0.4) is 0 Å². The highest BCUT2D eigenvalue weighted by Crippen LogP contribution is 2.24. The molecule has 2 aromatic rings. The number of aryl methyl sites for hydroxylation is 1. The van der Waals surface area contributed by atoms with Gasteiger partial charge in [-0.15, -0.1) is 0 Å². The van der Waals surface area contributed by atoms with E-state index in [1.165, 1.54) is 29.8 Å². The van der Waals surface area contributed by atoms with Crippen LogP contribution in [-0.2, 0) is 6.42 Å². The molecule has 2 aromatic carbocycles. The van der Waals surface area contributed by atoms with E-state index in [0.29, 0.717) is 0 Å². The van der Waals surface area contributed by atoms with Gasteiger partial charge in [-0.05, 0) is 36.8 Å². The third kappa shape index (κ3) is 4.20. The third-order valence-electron chi connectivity index (χ3n) is 4.21. The van der Waals surface area contributed by atoms with Crippen LogP contribution in [0.25, 0.3) is 0 Å². The fraction of sp³-hybridized carbons (Fsp3) is 0.350. The fourth-order valence-electron chi connectivity index (χ4n) is 2.97. The van der Waals surface area contributed by atoms with Crippen molar-refractivity contribution in [3.05, 3.63) is 71.8 Å². The summed E-state index contributed by atoms with van der Waals surface area (Å²) in [7, 11) is 0. The van der Waals surface area contributed by atoms with E-state index < -0.39 is 0 Å². The topological polar surface area (TPSA) is 24.4 Å². The van der Waals surface area contributed by atoms with Crippen LogP contribution in [0.5, 0.6) is 0 Å². The lowest BCUT2D eigenvalue weighted by atomic mass is 9.99. The Balaban J connectivity index is 1.74. The Morgan fingerprint density at radius 3 is 2.32 bits per heavy atom. The molecule has 0 aromatic heterocycles. The molecule has 0 amide bonds. The van der Waals surface area contributed by atoms with E-state index in [-0.39, 0.29) is 6.04 Å². The Morgan fingerprint density at radius 1 is 0.909 bits per heavy atom. The molecule has 1 unspecified atom stereocenters. The molecule has 2 nitrogen and oxygen atoms in total. The standard InChI is InChI=1S/C20H24N2/c1-3-9-17(10-4-1)14-15-19(18-11-5-2-6-12-18)22-20-13-7-8-16-21-20/h1-6,9-12,19H,7-8,13-16H2,(H,21,22). The summed E-state index contributed by atoms with van der Waals surface area (Å²) in [5.74, 6) is 1.19. The number of rotatable bonds is 5. The highest BCUT2D eigenvalue weighted by atomic mass is 15.0. The maximum atomic E-state index is 5.03. The highest BCUT2D eigenvalue weighted by Gasteiger charge is 2.13. The number of piperidine rings is 1. The van der Waals surface area contributed by atoms with Crippen LogP contribution in [0.4, 0.5) is 0 Å². The molecule has 0 spiro atoms. The van der Waals surface area contributed by atoms with Crippen molar-refractivity contribution in [1.82, 2.24) is 5.32 Å². The third-order valence-corrected chi connectivity index (χ3v) is 4.21. The minimum absolute atomic E-state index is 0.252. The summed E-state index contributed by atoms with van der Waals surface area (Å²) in [5, 5.41) is 3.47. The molecule has 22 heavy (non-hydrogen) atoms. The van der Waals surface area contributed by atoms with E-state index in [1.807, 2.05) is 0 Å². The van der Waals surface area contributed by atoms with Crippen LogP contribution in [-0.4, -0.2) is 12.4 Å². The van der Waals surface area contributed by atoms with Gasteiger partial charge in [-0.3, -0.25) is 4.99 Å². The molecular formula is C20H24N2. The molecule has 114 valence electrons. The molecule has 3 rings (SSSR count). The van der Waals surface area contributed by atoms with Crippen LogP contribution in [0.2, 0.25) is 0 Å². The monoisotopic (exact) mass is 292 g/mol. The maximum Gasteiger partial charge on any atom is 0.0970 e. The van der Waals surface area contributed by atoms with Crippen molar-refractivity contribution in [2.24, 2.45) is 4.99 Å².